The van der Waals surface area contributed by atoms with Crippen molar-refractivity contribution in [2.24, 2.45) is 5.92 Å². The molecule has 0 spiro atoms. The lowest BCUT2D eigenvalue weighted by Gasteiger charge is -2.35. The molecule has 3 amide bonds. The monoisotopic (exact) mass is 561 g/mol. The van der Waals surface area contributed by atoms with E-state index in [9.17, 15) is 9.59 Å². The van der Waals surface area contributed by atoms with Crippen molar-refractivity contribution in [3.63, 3.8) is 0 Å². The van der Waals surface area contributed by atoms with Crippen molar-refractivity contribution >= 4 is 23.3 Å². The summed E-state index contributed by atoms with van der Waals surface area (Å²) in [6.07, 6.45) is 9.83. The molecule has 3 aliphatic rings. The molecule has 2 aliphatic heterocycles. The van der Waals surface area contributed by atoms with Crippen LogP contribution in [0.25, 0.3) is 0 Å². The number of piperidine rings is 1. The van der Waals surface area contributed by atoms with Gasteiger partial charge in [0, 0.05) is 50.1 Å². The quantitative estimate of drug-likeness (QED) is 0.354. The normalized spacial score (nSPS) is 19.1. The summed E-state index contributed by atoms with van der Waals surface area (Å²) in [7, 11) is 0. The number of morpholine rings is 1. The Balaban J connectivity index is 1.21. The molecule has 2 aromatic carbocycles. The highest BCUT2D eigenvalue weighted by Crippen LogP contribution is 2.30. The second-order valence-corrected chi connectivity index (χ2v) is 11.8. The van der Waals surface area contributed by atoms with Gasteiger partial charge >= 0.3 is 6.03 Å². The van der Waals surface area contributed by atoms with Crippen LogP contribution in [0.15, 0.2) is 48.5 Å². The van der Waals surface area contributed by atoms with E-state index in [4.69, 9.17) is 4.74 Å². The van der Waals surface area contributed by atoms with Crippen LogP contribution >= 0.6 is 0 Å². The third-order valence-electron chi connectivity index (χ3n) is 8.80. The third kappa shape index (κ3) is 8.94. The molecule has 8 heteroatoms. The molecule has 2 aromatic rings. The number of amides is 3. The summed E-state index contributed by atoms with van der Waals surface area (Å²) in [6.45, 7) is 6.89. The number of carbonyl (C=O) groups is 2. The van der Waals surface area contributed by atoms with E-state index in [0.717, 1.165) is 103 Å². The predicted octanol–water partition coefficient (Wildman–Crippen LogP) is 5.05. The number of hydrogen-bond donors (Lipinski definition) is 3. The second kappa shape index (κ2) is 15.2. The highest BCUT2D eigenvalue weighted by molar-refractivity contribution is 6.02. The lowest BCUT2D eigenvalue weighted by atomic mass is 9.89. The van der Waals surface area contributed by atoms with Crippen LogP contribution in [0.5, 0.6) is 0 Å². The van der Waals surface area contributed by atoms with Crippen molar-refractivity contribution in [2.75, 3.05) is 62.7 Å². The number of rotatable bonds is 10. The maximum Gasteiger partial charge on any atom is 0.319 e. The Morgan fingerprint density at radius 3 is 2.39 bits per heavy atom. The Morgan fingerprint density at radius 1 is 0.878 bits per heavy atom. The van der Waals surface area contributed by atoms with Crippen LogP contribution in [0.4, 0.5) is 16.2 Å². The number of urea groups is 1. The van der Waals surface area contributed by atoms with Crippen LogP contribution in [0, 0.1) is 5.92 Å². The highest BCUT2D eigenvalue weighted by atomic mass is 16.5. The number of nitrogens with one attached hydrogen (secondary N) is 3. The first-order chi connectivity index (χ1) is 20.1. The van der Waals surface area contributed by atoms with E-state index in [-0.39, 0.29) is 18.0 Å². The Bertz CT molecular complexity index is 1110. The van der Waals surface area contributed by atoms with Gasteiger partial charge in [-0.3, -0.25) is 9.69 Å². The van der Waals surface area contributed by atoms with E-state index < -0.39 is 0 Å². The summed E-state index contributed by atoms with van der Waals surface area (Å²) >= 11 is 0. The van der Waals surface area contributed by atoms with E-state index in [0.29, 0.717) is 23.7 Å². The van der Waals surface area contributed by atoms with E-state index in [1.54, 1.807) is 0 Å². The molecule has 8 nitrogen and oxygen atoms in total. The molecule has 0 unspecified atom stereocenters. The molecule has 1 saturated carbocycles. The van der Waals surface area contributed by atoms with Gasteiger partial charge in [0.25, 0.3) is 5.91 Å². The average Bonchev–Trinajstić information content (AvgIpc) is 3.01. The molecule has 2 saturated heterocycles. The fourth-order valence-electron chi connectivity index (χ4n) is 6.42. The molecular weight excluding hydrogens is 514 g/mol. The molecule has 0 atom stereocenters. The maximum atomic E-state index is 13.5. The predicted molar refractivity (Wildman–Crippen MR) is 165 cm³/mol. The molecule has 3 N–H and O–H groups in total. The van der Waals surface area contributed by atoms with Gasteiger partial charge in [0.1, 0.15) is 0 Å². The van der Waals surface area contributed by atoms with Crippen LogP contribution in [-0.2, 0) is 11.2 Å². The summed E-state index contributed by atoms with van der Waals surface area (Å²) in [5, 5.41) is 9.26. The molecule has 1 aliphatic carbocycles. The van der Waals surface area contributed by atoms with Gasteiger partial charge in [-0.05, 0) is 74.8 Å². The lowest BCUT2D eigenvalue weighted by Crippen LogP contribution is -2.39. The molecule has 0 aromatic heterocycles. The molecule has 5 rings (SSSR count). The van der Waals surface area contributed by atoms with Gasteiger partial charge in [0.2, 0.25) is 0 Å². The van der Waals surface area contributed by atoms with Gasteiger partial charge in [-0.1, -0.05) is 49.6 Å². The Morgan fingerprint density at radius 2 is 1.63 bits per heavy atom. The zero-order valence-electron chi connectivity index (χ0n) is 24.4. The van der Waals surface area contributed by atoms with Crippen LogP contribution < -0.4 is 20.9 Å². The molecular formula is C33H47N5O3. The van der Waals surface area contributed by atoms with E-state index in [1.807, 2.05) is 18.2 Å². The van der Waals surface area contributed by atoms with Crippen molar-refractivity contribution in [3.05, 3.63) is 59.7 Å². The number of carbonyl (C=O) groups excluding carboxylic acids is 2. The molecule has 41 heavy (non-hydrogen) atoms. The number of ether oxygens (including phenoxy) is 1. The van der Waals surface area contributed by atoms with Crippen LogP contribution in [-0.4, -0.2) is 75.4 Å². The first-order valence-corrected chi connectivity index (χ1v) is 15.7. The van der Waals surface area contributed by atoms with Crippen molar-refractivity contribution in [1.82, 2.24) is 15.5 Å². The summed E-state index contributed by atoms with van der Waals surface area (Å²) in [5.74, 6) is 0.570. The van der Waals surface area contributed by atoms with Crippen molar-refractivity contribution < 1.29 is 14.3 Å². The van der Waals surface area contributed by atoms with Gasteiger partial charge < -0.3 is 25.6 Å². The first-order valence-electron chi connectivity index (χ1n) is 15.7. The fraction of sp³-hybridized carbons (Fsp3) is 0.576. The van der Waals surface area contributed by atoms with E-state index in [2.05, 4.69) is 56.1 Å². The average molecular weight is 562 g/mol. The van der Waals surface area contributed by atoms with Crippen molar-refractivity contribution in [2.45, 2.75) is 63.8 Å². The minimum absolute atomic E-state index is 0.0790. The first kappa shape index (κ1) is 29.4. The van der Waals surface area contributed by atoms with Crippen molar-refractivity contribution in [3.8, 4) is 0 Å². The summed E-state index contributed by atoms with van der Waals surface area (Å²) in [5.41, 5.74) is 3.63. The molecule has 3 fully saturated rings. The summed E-state index contributed by atoms with van der Waals surface area (Å²) < 4.78 is 5.44. The second-order valence-electron chi connectivity index (χ2n) is 11.8. The minimum atomic E-state index is -0.191. The number of anilines is 2. The van der Waals surface area contributed by atoms with E-state index >= 15 is 0 Å². The number of nitrogens with zero attached hydrogens (tertiary/aromatic N) is 2. The molecule has 222 valence electrons. The summed E-state index contributed by atoms with van der Waals surface area (Å²) in [6, 6.07) is 16.6. The number of hydrogen-bond acceptors (Lipinski definition) is 5. The molecule has 0 radical (unpaired) electrons. The molecule has 0 bridgehead atoms. The highest BCUT2D eigenvalue weighted by Gasteiger charge is 2.24. The Labute approximate surface area is 245 Å². The smallest absolute Gasteiger partial charge is 0.319 e. The topological polar surface area (TPSA) is 85.9 Å². The standard InChI is InChI=1S/C33H47N5O3/c39-32(34-16-7-17-37-20-22-41-23-21-37)30-25-29(36-33(40)35-28-10-5-2-6-11-28)12-13-31(30)38-18-14-27(15-19-38)24-26-8-3-1-4-9-26/h1,3-4,8-9,12-13,25,27-28H,2,5-7,10-11,14-24H2,(H,34,39)(H2,35,36,40). The Hall–Kier alpha value is -3.10. The minimum Gasteiger partial charge on any atom is -0.379 e. The lowest BCUT2D eigenvalue weighted by molar-refractivity contribution is 0.0374. The Kier molecular flexibility index (Phi) is 10.9. The summed E-state index contributed by atoms with van der Waals surface area (Å²) in [4.78, 5) is 31.0. The van der Waals surface area contributed by atoms with Gasteiger partial charge in [-0.15, -0.1) is 0 Å². The van der Waals surface area contributed by atoms with Gasteiger partial charge in [0.15, 0.2) is 0 Å². The van der Waals surface area contributed by atoms with Crippen LogP contribution in [0.1, 0.15) is 67.3 Å². The zero-order valence-corrected chi connectivity index (χ0v) is 24.4. The van der Waals surface area contributed by atoms with Crippen molar-refractivity contribution in [1.29, 1.82) is 0 Å². The van der Waals surface area contributed by atoms with Crippen LogP contribution in [0.2, 0.25) is 0 Å². The number of benzene rings is 2. The van der Waals surface area contributed by atoms with Gasteiger partial charge in [-0.2, -0.15) is 0 Å². The fourth-order valence-corrected chi connectivity index (χ4v) is 6.42. The SMILES string of the molecule is O=C(Nc1ccc(N2CCC(Cc3ccccc3)CC2)c(C(=O)NCCCN2CCOCC2)c1)NC1CCCCC1. The van der Waals surface area contributed by atoms with Gasteiger partial charge in [-0.25, -0.2) is 4.79 Å². The van der Waals surface area contributed by atoms with Crippen LogP contribution in [0.3, 0.4) is 0 Å². The molecule has 2 heterocycles. The maximum absolute atomic E-state index is 13.5. The zero-order chi connectivity index (χ0) is 28.3. The third-order valence-corrected chi connectivity index (χ3v) is 8.80. The van der Waals surface area contributed by atoms with E-state index in [1.165, 1.54) is 12.0 Å². The van der Waals surface area contributed by atoms with Gasteiger partial charge in [0.05, 0.1) is 18.8 Å². The largest absolute Gasteiger partial charge is 0.379 e.